The number of amidine groups is 1. The Balaban J connectivity index is 4.65. The standard InChI is InChI=1S/C10H23N3O3S/c1-7(2)5-6-17(15,16)13-9(8(3)4)10(11)12-14/h7-9,13-14H,5-6H2,1-4H3,(H2,11,12). The second kappa shape index (κ2) is 6.80. The summed E-state index contributed by atoms with van der Waals surface area (Å²) in [6, 6.07) is -0.669. The fourth-order valence-electron chi connectivity index (χ4n) is 1.24. The van der Waals surface area contributed by atoms with Crippen LogP contribution in [-0.4, -0.2) is 31.3 Å². The number of sulfonamides is 1. The number of oxime groups is 1. The van der Waals surface area contributed by atoms with Gasteiger partial charge in [-0.2, -0.15) is 0 Å². The van der Waals surface area contributed by atoms with Crippen LogP contribution in [0.25, 0.3) is 0 Å². The first-order valence-corrected chi connectivity index (χ1v) is 7.32. The van der Waals surface area contributed by atoms with Gasteiger partial charge in [0.05, 0.1) is 11.8 Å². The summed E-state index contributed by atoms with van der Waals surface area (Å²) in [7, 11) is -3.40. The van der Waals surface area contributed by atoms with Gasteiger partial charge in [0.15, 0.2) is 5.84 Å². The van der Waals surface area contributed by atoms with Crippen LogP contribution < -0.4 is 10.5 Å². The molecule has 0 saturated heterocycles. The molecule has 1 atom stereocenters. The fourth-order valence-corrected chi connectivity index (χ4v) is 2.92. The van der Waals surface area contributed by atoms with Gasteiger partial charge in [-0.1, -0.05) is 32.9 Å². The number of rotatable bonds is 7. The van der Waals surface area contributed by atoms with Gasteiger partial charge in [0.25, 0.3) is 0 Å². The fraction of sp³-hybridized carbons (Fsp3) is 0.900. The molecular weight excluding hydrogens is 242 g/mol. The summed E-state index contributed by atoms with van der Waals surface area (Å²) < 4.78 is 26.0. The largest absolute Gasteiger partial charge is 0.409 e. The maximum Gasteiger partial charge on any atom is 0.212 e. The van der Waals surface area contributed by atoms with Crippen LogP contribution in [0.15, 0.2) is 5.16 Å². The zero-order valence-corrected chi connectivity index (χ0v) is 11.7. The lowest BCUT2D eigenvalue weighted by Crippen LogP contribution is -2.48. The van der Waals surface area contributed by atoms with Crippen molar-refractivity contribution in [1.82, 2.24) is 4.72 Å². The van der Waals surface area contributed by atoms with E-state index in [0.29, 0.717) is 12.3 Å². The lowest BCUT2D eigenvalue weighted by molar-refractivity contribution is 0.313. The summed E-state index contributed by atoms with van der Waals surface area (Å²) in [5.41, 5.74) is 5.45. The predicted molar refractivity (Wildman–Crippen MR) is 68.4 cm³/mol. The highest BCUT2D eigenvalue weighted by Gasteiger charge is 2.24. The Morgan fingerprint density at radius 3 is 2.24 bits per heavy atom. The van der Waals surface area contributed by atoms with E-state index >= 15 is 0 Å². The van der Waals surface area contributed by atoms with Crippen LogP contribution >= 0.6 is 0 Å². The van der Waals surface area contributed by atoms with E-state index in [9.17, 15) is 8.42 Å². The van der Waals surface area contributed by atoms with Crippen LogP contribution in [0.3, 0.4) is 0 Å². The summed E-state index contributed by atoms with van der Waals surface area (Å²) in [6.07, 6.45) is 0.580. The molecule has 0 aromatic carbocycles. The van der Waals surface area contributed by atoms with E-state index in [2.05, 4.69) is 9.88 Å². The number of hydrogen-bond acceptors (Lipinski definition) is 4. The summed E-state index contributed by atoms with van der Waals surface area (Å²) >= 11 is 0. The number of nitrogens with two attached hydrogens (primary N) is 1. The third kappa shape index (κ3) is 6.48. The van der Waals surface area contributed by atoms with Gasteiger partial charge in [-0.15, -0.1) is 0 Å². The minimum atomic E-state index is -3.40. The molecule has 0 aromatic rings. The Hall–Kier alpha value is -0.820. The number of hydrogen-bond donors (Lipinski definition) is 3. The molecule has 0 aliphatic rings. The maximum atomic E-state index is 11.8. The van der Waals surface area contributed by atoms with Crippen LogP contribution in [0.4, 0.5) is 0 Å². The van der Waals surface area contributed by atoms with Crippen LogP contribution in [0, 0.1) is 11.8 Å². The highest BCUT2D eigenvalue weighted by atomic mass is 32.2. The minimum Gasteiger partial charge on any atom is -0.409 e. The van der Waals surface area contributed by atoms with Gasteiger partial charge in [0.2, 0.25) is 10.0 Å². The molecule has 0 saturated carbocycles. The molecule has 0 spiro atoms. The van der Waals surface area contributed by atoms with Gasteiger partial charge in [0, 0.05) is 0 Å². The lowest BCUT2D eigenvalue weighted by atomic mass is 10.1. The SMILES string of the molecule is CC(C)CCS(=O)(=O)NC(C(N)=NO)C(C)C. The van der Waals surface area contributed by atoms with E-state index in [-0.39, 0.29) is 17.5 Å². The third-order valence-corrected chi connectivity index (χ3v) is 3.76. The van der Waals surface area contributed by atoms with Gasteiger partial charge in [-0.05, 0) is 18.3 Å². The molecule has 1 unspecified atom stereocenters. The first kappa shape index (κ1) is 16.2. The van der Waals surface area contributed by atoms with Gasteiger partial charge in [-0.25, -0.2) is 13.1 Å². The second-order valence-corrected chi connectivity index (χ2v) is 6.74. The Morgan fingerprint density at radius 2 is 1.88 bits per heavy atom. The zero-order chi connectivity index (χ0) is 13.6. The molecule has 0 fully saturated rings. The molecule has 0 aromatic heterocycles. The molecule has 17 heavy (non-hydrogen) atoms. The van der Waals surface area contributed by atoms with Gasteiger partial charge in [0.1, 0.15) is 0 Å². The smallest absolute Gasteiger partial charge is 0.212 e. The van der Waals surface area contributed by atoms with Gasteiger partial charge >= 0.3 is 0 Å². The minimum absolute atomic E-state index is 0.0482. The van der Waals surface area contributed by atoms with E-state index in [1.165, 1.54) is 0 Å². The van der Waals surface area contributed by atoms with E-state index < -0.39 is 16.1 Å². The lowest BCUT2D eigenvalue weighted by Gasteiger charge is -2.21. The van der Waals surface area contributed by atoms with Crippen molar-refractivity contribution in [2.45, 2.75) is 40.2 Å². The molecule has 6 nitrogen and oxygen atoms in total. The molecule has 7 heteroatoms. The van der Waals surface area contributed by atoms with Crippen molar-refractivity contribution in [2.75, 3.05) is 5.75 Å². The number of nitrogens with one attached hydrogen (secondary N) is 1. The second-order valence-electron chi connectivity index (χ2n) is 4.87. The van der Waals surface area contributed by atoms with E-state index in [1.54, 1.807) is 13.8 Å². The van der Waals surface area contributed by atoms with Crippen molar-refractivity contribution in [3.63, 3.8) is 0 Å². The van der Waals surface area contributed by atoms with Crippen LogP contribution in [0.1, 0.15) is 34.1 Å². The Kier molecular flexibility index (Phi) is 6.48. The molecule has 4 N–H and O–H groups in total. The molecular formula is C10H23N3O3S. The van der Waals surface area contributed by atoms with Crippen LogP contribution in [0.5, 0.6) is 0 Å². The summed E-state index contributed by atoms with van der Waals surface area (Å²) in [5.74, 6) is 0.160. The van der Waals surface area contributed by atoms with Crippen molar-refractivity contribution in [2.24, 2.45) is 22.7 Å². The quantitative estimate of drug-likeness (QED) is 0.273. The van der Waals surface area contributed by atoms with E-state index in [4.69, 9.17) is 10.9 Å². The van der Waals surface area contributed by atoms with Crippen LogP contribution in [0.2, 0.25) is 0 Å². The molecule has 102 valence electrons. The molecule has 0 aliphatic carbocycles. The molecule has 0 aliphatic heterocycles. The average Bonchev–Trinajstić information content (AvgIpc) is 2.22. The molecule has 0 heterocycles. The van der Waals surface area contributed by atoms with Crippen LogP contribution in [-0.2, 0) is 10.0 Å². The van der Waals surface area contributed by atoms with Crippen molar-refractivity contribution in [1.29, 1.82) is 0 Å². The first-order chi connectivity index (χ1) is 7.69. The Labute approximate surface area is 103 Å². The Morgan fingerprint density at radius 1 is 1.35 bits per heavy atom. The Bertz CT molecular complexity index is 350. The van der Waals surface area contributed by atoms with E-state index in [1.807, 2.05) is 13.8 Å². The molecule has 0 rings (SSSR count). The first-order valence-electron chi connectivity index (χ1n) is 5.67. The molecule has 0 amide bonds. The zero-order valence-electron chi connectivity index (χ0n) is 10.8. The topological polar surface area (TPSA) is 105 Å². The van der Waals surface area contributed by atoms with Gasteiger partial charge in [-0.3, -0.25) is 0 Å². The maximum absolute atomic E-state index is 11.8. The normalized spacial score (nSPS) is 15.5. The third-order valence-electron chi connectivity index (χ3n) is 2.37. The highest BCUT2D eigenvalue weighted by molar-refractivity contribution is 7.89. The molecule has 0 radical (unpaired) electrons. The molecule has 0 bridgehead atoms. The summed E-state index contributed by atoms with van der Waals surface area (Å²) in [6.45, 7) is 7.51. The van der Waals surface area contributed by atoms with Crippen molar-refractivity contribution >= 4 is 15.9 Å². The summed E-state index contributed by atoms with van der Waals surface area (Å²) in [4.78, 5) is 0. The van der Waals surface area contributed by atoms with Crippen molar-refractivity contribution in [3.05, 3.63) is 0 Å². The van der Waals surface area contributed by atoms with Gasteiger partial charge < -0.3 is 10.9 Å². The van der Waals surface area contributed by atoms with E-state index in [0.717, 1.165) is 0 Å². The predicted octanol–water partition coefficient (Wildman–Crippen LogP) is 0.723. The van der Waals surface area contributed by atoms with Crippen molar-refractivity contribution in [3.8, 4) is 0 Å². The average molecular weight is 265 g/mol. The monoisotopic (exact) mass is 265 g/mol. The number of nitrogens with zero attached hydrogens (tertiary/aromatic N) is 1. The van der Waals surface area contributed by atoms with Crippen molar-refractivity contribution < 1.29 is 13.6 Å². The summed E-state index contributed by atoms with van der Waals surface area (Å²) in [5, 5.41) is 11.5. The highest BCUT2D eigenvalue weighted by Crippen LogP contribution is 2.07.